The molecule has 0 saturated carbocycles. The summed E-state index contributed by atoms with van der Waals surface area (Å²) in [5, 5.41) is 13.4. The molecule has 0 spiro atoms. The zero-order valence-corrected chi connectivity index (χ0v) is 11.8. The number of carbonyl (C=O) groups excluding carboxylic acids is 1. The molecule has 1 saturated heterocycles. The van der Waals surface area contributed by atoms with Gasteiger partial charge in [0, 0.05) is 24.2 Å². The third-order valence-corrected chi connectivity index (χ3v) is 3.81. The normalized spacial score (nSPS) is 18.7. The van der Waals surface area contributed by atoms with Gasteiger partial charge in [-0.3, -0.25) is 19.8 Å². The van der Waals surface area contributed by atoms with Crippen LogP contribution in [0, 0.1) is 15.9 Å². The average Bonchev–Trinajstić information content (AvgIpc) is 2.92. The quantitative estimate of drug-likeness (QED) is 0.665. The van der Waals surface area contributed by atoms with Crippen molar-refractivity contribution in [3.8, 4) is 0 Å². The summed E-state index contributed by atoms with van der Waals surface area (Å²) in [5.74, 6) is -1.36. The van der Waals surface area contributed by atoms with Crippen LogP contribution in [0.4, 0.5) is 10.1 Å². The maximum atomic E-state index is 13.2. The van der Waals surface area contributed by atoms with E-state index in [-0.39, 0.29) is 5.56 Å². The summed E-state index contributed by atoms with van der Waals surface area (Å²) in [6, 6.07) is 3.47. The zero-order chi connectivity index (χ0) is 15.4. The third-order valence-electron chi connectivity index (χ3n) is 3.81. The van der Waals surface area contributed by atoms with E-state index in [1.807, 2.05) is 0 Å². The highest BCUT2D eigenvalue weighted by molar-refractivity contribution is 5.94. The van der Waals surface area contributed by atoms with Crippen molar-refractivity contribution in [3.63, 3.8) is 0 Å². The number of likely N-dealkylation sites (N-methyl/N-ethyl adjacent to an activating group) is 1. The summed E-state index contributed by atoms with van der Waals surface area (Å²) in [7, 11) is 0. The van der Waals surface area contributed by atoms with Gasteiger partial charge in [-0.05, 0) is 38.1 Å². The van der Waals surface area contributed by atoms with Crippen molar-refractivity contribution in [3.05, 3.63) is 39.7 Å². The predicted octanol–water partition coefficient (Wildman–Crippen LogP) is 1.95. The highest BCUT2D eigenvalue weighted by Crippen LogP contribution is 2.19. The Morgan fingerprint density at radius 3 is 3.00 bits per heavy atom. The number of carbonyl (C=O) groups is 1. The molecule has 6 nitrogen and oxygen atoms in total. The molecule has 1 amide bonds. The molecule has 7 heteroatoms. The fourth-order valence-electron chi connectivity index (χ4n) is 2.65. The van der Waals surface area contributed by atoms with Gasteiger partial charge in [0.05, 0.1) is 4.92 Å². The maximum Gasteiger partial charge on any atom is 0.305 e. The molecule has 1 aromatic rings. The first kappa shape index (κ1) is 15.4. The van der Waals surface area contributed by atoms with Crippen LogP contribution in [-0.2, 0) is 0 Å². The van der Waals surface area contributed by atoms with Crippen molar-refractivity contribution in [2.45, 2.75) is 25.8 Å². The second-order valence-electron chi connectivity index (χ2n) is 5.06. The van der Waals surface area contributed by atoms with Gasteiger partial charge in [0.15, 0.2) is 0 Å². The van der Waals surface area contributed by atoms with E-state index in [1.54, 1.807) is 0 Å². The highest BCUT2D eigenvalue weighted by Gasteiger charge is 2.24. The second kappa shape index (κ2) is 6.62. The van der Waals surface area contributed by atoms with Crippen LogP contribution in [0.5, 0.6) is 0 Å². The van der Waals surface area contributed by atoms with Crippen LogP contribution in [0.15, 0.2) is 18.2 Å². The fourth-order valence-corrected chi connectivity index (χ4v) is 2.65. The SMILES string of the molecule is CCN1CCCC1CNC(=O)c1ccc(F)c([N+](=O)[O-])c1. The van der Waals surface area contributed by atoms with E-state index in [2.05, 4.69) is 17.1 Å². The molecule has 114 valence electrons. The van der Waals surface area contributed by atoms with Crippen LogP contribution < -0.4 is 5.32 Å². The number of hydrogen-bond acceptors (Lipinski definition) is 4. The number of nitrogens with zero attached hydrogens (tertiary/aromatic N) is 2. The molecule has 1 N–H and O–H groups in total. The Morgan fingerprint density at radius 2 is 2.33 bits per heavy atom. The first-order chi connectivity index (χ1) is 10.0. The number of likely N-dealkylation sites (tertiary alicyclic amines) is 1. The number of amides is 1. The molecule has 0 radical (unpaired) electrons. The number of rotatable bonds is 5. The summed E-state index contributed by atoms with van der Waals surface area (Å²) in [5.41, 5.74) is -0.581. The number of benzene rings is 1. The molecular formula is C14H18FN3O3. The number of nitro benzene ring substituents is 1. The molecule has 1 fully saturated rings. The highest BCUT2D eigenvalue weighted by atomic mass is 19.1. The molecule has 0 bridgehead atoms. The molecule has 1 aromatic carbocycles. The van der Waals surface area contributed by atoms with Crippen molar-refractivity contribution in [1.82, 2.24) is 10.2 Å². The van der Waals surface area contributed by atoms with Crippen molar-refractivity contribution < 1.29 is 14.1 Å². The Morgan fingerprint density at radius 1 is 1.57 bits per heavy atom. The zero-order valence-electron chi connectivity index (χ0n) is 11.8. The van der Waals surface area contributed by atoms with Crippen molar-refractivity contribution in [2.24, 2.45) is 0 Å². The van der Waals surface area contributed by atoms with Crippen LogP contribution in [0.25, 0.3) is 0 Å². The lowest BCUT2D eigenvalue weighted by Gasteiger charge is -2.22. The van der Waals surface area contributed by atoms with Gasteiger partial charge in [0.2, 0.25) is 5.82 Å². The smallest absolute Gasteiger partial charge is 0.305 e. The summed E-state index contributed by atoms with van der Waals surface area (Å²) in [4.78, 5) is 24.1. The van der Waals surface area contributed by atoms with E-state index in [9.17, 15) is 19.3 Å². The van der Waals surface area contributed by atoms with Gasteiger partial charge >= 0.3 is 5.69 Å². The van der Waals surface area contributed by atoms with E-state index < -0.39 is 22.3 Å². The molecule has 0 aliphatic carbocycles. The molecule has 1 aliphatic rings. The molecule has 21 heavy (non-hydrogen) atoms. The van der Waals surface area contributed by atoms with Crippen LogP contribution in [0.1, 0.15) is 30.1 Å². The lowest BCUT2D eigenvalue weighted by Crippen LogP contribution is -2.40. The molecule has 1 atom stereocenters. The van der Waals surface area contributed by atoms with Gasteiger partial charge in [-0.15, -0.1) is 0 Å². The third kappa shape index (κ3) is 3.55. The lowest BCUT2D eigenvalue weighted by molar-refractivity contribution is -0.387. The minimum Gasteiger partial charge on any atom is -0.350 e. The largest absolute Gasteiger partial charge is 0.350 e. The minimum atomic E-state index is -0.940. The predicted molar refractivity (Wildman–Crippen MR) is 75.7 cm³/mol. The van der Waals surface area contributed by atoms with Crippen molar-refractivity contribution in [1.29, 1.82) is 0 Å². The van der Waals surface area contributed by atoms with E-state index in [4.69, 9.17) is 0 Å². The van der Waals surface area contributed by atoms with E-state index in [0.717, 1.165) is 38.1 Å². The molecule has 2 rings (SSSR count). The molecule has 1 heterocycles. The minimum absolute atomic E-state index is 0.101. The monoisotopic (exact) mass is 295 g/mol. The van der Waals surface area contributed by atoms with Crippen LogP contribution in [0.2, 0.25) is 0 Å². The van der Waals surface area contributed by atoms with E-state index >= 15 is 0 Å². The molecule has 1 unspecified atom stereocenters. The van der Waals surface area contributed by atoms with Gasteiger partial charge in [-0.1, -0.05) is 6.92 Å². The van der Waals surface area contributed by atoms with Crippen molar-refractivity contribution >= 4 is 11.6 Å². The Balaban J connectivity index is 2.00. The second-order valence-corrected chi connectivity index (χ2v) is 5.06. The molecule has 0 aromatic heterocycles. The van der Waals surface area contributed by atoms with E-state index in [0.29, 0.717) is 12.6 Å². The number of nitro groups is 1. The Hall–Kier alpha value is -2.02. The van der Waals surface area contributed by atoms with Crippen LogP contribution in [0.3, 0.4) is 0 Å². The number of hydrogen-bond donors (Lipinski definition) is 1. The van der Waals surface area contributed by atoms with Gasteiger partial charge in [-0.25, -0.2) is 0 Å². The molecular weight excluding hydrogens is 277 g/mol. The standard InChI is InChI=1S/C14H18FN3O3/c1-2-17-7-3-4-11(17)9-16-14(19)10-5-6-12(15)13(8-10)18(20)21/h5-6,8,11H,2-4,7,9H2,1H3,(H,16,19). The summed E-state index contributed by atoms with van der Waals surface area (Å²) in [6.45, 7) is 4.53. The van der Waals surface area contributed by atoms with Gasteiger partial charge < -0.3 is 5.32 Å². The Bertz CT molecular complexity index is 550. The first-order valence-electron chi connectivity index (χ1n) is 6.99. The molecule has 1 aliphatic heterocycles. The summed E-state index contributed by atoms with van der Waals surface area (Å²) in [6.07, 6.45) is 2.13. The summed E-state index contributed by atoms with van der Waals surface area (Å²) >= 11 is 0. The lowest BCUT2D eigenvalue weighted by atomic mass is 10.1. The number of halogens is 1. The van der Waals surface area contributed by atoms with Gasteiger partial charge in [-0.2, -0.15) is 4.39 Å². The average molecular weight is 295 g/mol. The van der Waals surface area contributed by atoms with Crippen LogP contribution in [-0.4, -0.2) is 41.4 Å². The first-order valence-corrected chi connectivity index (χ1v) is 6.99. The fraction of sp³-hybridized carbons (Fsp3) is 0.500. The number of nitrogens with one attached hydrogen (secondary N) is 1. The van der Waals surface area contributed by atoms with Crippen LogP contribution >= 0.6 is 0 Å². The topological polar surface area (TPSA) is 75.5 Å². The van der Waals surface area contributed by atoms with Gasteiger partial charge in [0.1, 0.15) is 0 Å². The Labute approximate surface area is 122 Å². The maximum absolute atomic E-state index is 13.2. The van der Waals surface area contributed by atoms with Gasteiger partial charge in [0.25, 0.3) is 5.91 Å². The van der Waals surface area contributed by atoms with E-state index in [1.165, 1.54) is 6.07 Å². The Kier molecular flexibility index (Phi) is 4.85. The van der Waals surface area contributed by atoms with Crippen molar-refractivity contribution in [2.75, 3.05) is 19.6 Å². The summed E-state index contributed by atoms with van der Waals surface area (Å²) < 4.78 is 13.2.